The normalized spacial score (nSPS) is 13.3. The number of hydrogen-bond acceptors (Lipinski definition) is 7. The average molecular weight is 381 g/mol. The first kappa shape index (κ1) is 18.2. The molecule has 0 saturated heterocycles. The molecule has 8 nitrogen and oxygen atoms in total. The Hall–Kier alpha value is -2.65. The highest BCUT2D eigenvalue weighted by Gasteiger charge is 2.25. The van der Waals surface area contributed by atoms with Gasteiger partial charge in [-0.3, -0.25) is 0 Å². The van der Waals surface area contributed by atoms with E-state index in [-0.39, 0.29) is 22.9 Å². The number of hydrogen-bond donors (Lipinski definition) is 2. The molecule has 0 bridgehead atoms. The molecule has 2 N–H and O–H groups in total. The number of rotatable bonds is 6. The SMILES string of the molecule is COc1cc(O)c(S(=O)(=O)NCc2ccc3c(c2)OCCO3)c(OC)c1. The van der Waals surface area contributed by atoms with Crippen LogP contribution in [0.1, 0.15) is 5.56 Å². The highest BCUT2D eigenvalue weighted by atomic mass is 32.2. The zero-order valence-electron chi connectivity index (χ0n) is 14.3. The lowest BCUT2D eigenvalue weighted by Gasteiger charge is -2.19. The van der Waals surface area contributed by atoms with Crippen LogP contribution in [-0.2, 0) is 16.6 Å². The third-order valence-corrected chi connectivity index (χ3v) is 5.28. The Labute approximate surface area is 151 Å². The Morgan fingerprint density at radius 3 is 2.50 bits per heavy atom. The van der Waals surface area contributed by atoms with Crippen LogP contribution in [0, 0.1) is 0 Å². The summed E-state index contributed by atoms with van der Waals surface area (Å²) in [5, 5.41) is 10.1. The minimum absolute atomic E-state index is 0.00754. The van der Waals surface area contributed by atoms with E-state index in [2.05, 4.69) is 4.72 Å². The molecule has 9 heteroatoms. The minimum Gasteiger partial charge on any atom is -0.506 e. The topological polar surface area (TPSA) is 103 Å². The number of phenols is 1. The van der Waals surface area contributed by atoms with Crippen LogP contribution in [0.4, 0.5) is 0 Å². The van der Waals surface area contributed by atoms with E-state index in [9.17, 15) is 13.5 Å². The first-order valence-electron chi connectivity index (χ1n) is 7.78. The van der Waals surface area contributed by atoms with Crippen molar-refractivity contribution in [2.75, 3.05) is 27.4 Å². The van der Waals surface area contributed by atoms with Crippen molar-refractivity contribution >= 4 is 10.0 Å². The molecule has 0 aliphatic carbocycles. The molecule has 0 radical (unpaired) electrons. The zero-order valence-corrected chi connectivity index (χ0v) is 15.1. The van der Waals surface area contributed by atoms with Gasteiger partial charge < -0.3 is 24.1 Å². The molecule has 0 atom stereocenters. The summed E-state index contributed by atoms with van der Waals surface area (Å²) >= 11 is 0. The van der Waals surface area contributed by atoms with E-state index in [1.54, 1.807) is 18.2 Å². The van der Waals surface area contributed by atoms with Crippen molar-refractivity contribution in [3.63, 3.8) is 0 Å². The van der Waals surface area contributed by atoms with Crippen LogP contribution in [0.3, 0.4) is 0 Å². The predicted octanol–water partition coefficient (Wildman–Crippen LogP) is 1.66. The fourth-order valence-electron chi connectivity index (χ4n) is 2.55. The lowest BCUT2D eigenvalue weighted by atomic mass is 10.2. The highest BCUT2D eigenvalue weighted by Crippen LogP contribution is 2.37. The molecule has 140 valence electrons. The van der Waals surface area contributed by atoms with Gasteiger partial charge in [-0.05, 0) is 17.7 Å². The van der Waals surface area contributed by atoms with Gasteiger partial charge in [0.05, 0.1) is 14.2 Å². The maximum Gasteiger partial charge on any atom is 0.248 e. The lowest BCUT2D eigenvalue weighted by Crippen LogP contribution is -2.24. The molecule has 3 rings (SSSR count). The fraction of sp³-hybridized carbons (Fsp3) is 0.294. The lowest BCUT2D eigenvalue weighted by molar-refractivity contribution is 0.171. The Balaban J connectivity index is 1.83. The van der Waals surface area contributed by atoms with E-state index < -0.39 is 15.8 Å². The van der Waals surface area contributed by atoms with Crippen LogP contribution < -0.4 is 23.7 Å². The van der Waals surface area contributed by atoms with Gasteiger partial charge in [-0.25, -0.2) is 13.1 Å². The van der Waals surface area contributed by atoms with Crippen LogP contribution in [0.5, 0.6) is 28.7 Å². The van der Waals surface area contributed by atoms with E-state index >= 15 is 0 Å². The van der Waals surface area contributed by atoms with Crippen LogP contribution in [-0.4, -0.2) is 41.0 Å². The quantitative estimate of drug-likeness (QED) is 0.784. The molecule has 2 aromatic carbocycles. The molecule has 0 fully saturated rings. The van der Waals surface area contributed by atoms with Gasteiger partial charge in [0.25, 0.3) is 0 Å². The summed E-state index contributed by atoms with van der Waals surface area (Å²) in [5.74, 6) is 0.993. The maximum atomic E-state index is 12.6. The number of ether oxygens (including phenoxy) is 4. The van der Waals surface area contributed by atoms with Crippen molar-refractivity contribution in [2.24, 2.45) is 0 Å². The Bertz CT molecular complexity index is 912. The fourth-order valence-corrected chi connectivity index (χ4v) is 3.79. The maximum absolute atomic E-state index is 12.6. The molecule has 0 amide bonds. The molecule has 2 aromatic rings. The van der Waals surface area contributed by atoms with E-state index in [0.717, 1.165) is 0 Å². The van der Waals surface area contributed by atoms with Crippen LogP contribution in [0.2, 0.25) is 0 Å². The molecule has 1 aliphatic heterocycles. The Morgan fingerprint density at radius 1 is 1.08 bits per heavy atom. The molecule has 0 spiro atoms. The summed E-state index contributed by atoms with van der Waals surface area (Å²) in [6, 6.07) is 7.77. The summed E-state index contributed by atoms with van der Waals surface area (Å²) in [6.45, 7) is 0.933. The molecular weight excluding hydrogens is 362 g/mol. The van der Waals surface area contributed by atoms with Crippen molar-refractivity contribution in [3.05, 3.63) is 35.9 Å². The number of phenolic OH excluding ortho intramolecular Hbond substituents is 1. The summed E-state index contributed by atoms with van der Waals surface area (Å²) in [7, 11) is -1.31. The van der Waals surface area contributed by atoms with Gasteiger partial charge in [0.2, 0.25) is 10.0 Å². The van der Waals surface area contributed by atoms with Crippen LogP contribution in [0.15, 0.2) is 35.2 Å². The summed E-state index contributed by atoms with van der Waals surface area (Å²) < 4.78 is 48.8. The first-order chi connectivity index (χ1) is 12.4. The van der Waals surface area contributed by atoms with Crippen molar-refractivity contribution in [1.29, 1.82) is 0 Å². The van der Waals surface area contributed by atoms with Gasteiger partial charge in [0.15, 0.2) is 16.4 Å². The first-order valence-corrected chi connectivity index (χ1v) is 9.26. The van der Waals surface area contributed by atoms with Crippen molar-refractivity contribution in [1.82, 2.24) is 4.72 Å². The minimum atomic E-state index is -4.03. The summed E-state index contributed by atoms with van der Waals surface area (Å²) in [5.41, 5.74) is 0.685. The van der Waals surface area contributed by atoms with Gasteiger partial charge in [-0.15, -0.1) is 0 Å². The van der Waals surface area contributed by atoms with Crippen LogP contribution >= 0.6 is 0 Å². The number of fused-ring (bicyclic) bond motifs is 1. The largest absolute Gasteiger partial charge is 0.506 e. The second kappa shape index (κ2) is 7.30. The Morgan fingerprint density at radius 2 is 1.81 bits per heavy atom. The smallest absolute Gasteiger partial charge is 0.248 e. The third kappa shape index (κ3) is 3.63. The molecule has 0 saturated carbocycles. The molecule has 1 heterocycles. The Kier molecular flexibility index (Phi) is 5.10. The number of methoxy groups -OCH3 is 2. The monoisotopic (exact) mass is 381 g/mol. The predicted molar refractivity (Wildman–Crippen MR) is 92.7 cm³/mol. The summed E-state index contributed by atoms with van der Waals surface area (Å²) in [6.07, 6.45) is 0. The molecule has 1 aliphatic rings. The molecule has 26 heavy (non-hydrogen) atoms. The molecule has 0 aromatic heterocycles. The molecule has 0 unspecified atom stereocenters. The van der Waals surface area contributed by atoms with Gasteiger partial charge in [0, 0.05) is 18.7 Å². The average Bonchev–Trinajstić information content (AvgIpc) is 2.65. The zero-order chi connectivity index (χ0) is 18.7. The summed E-state index contributed by atoms with van der Waals surface area (Å²) in [4.78, 5) is -0.349. The van der Waals surface area contributed by atoms with Crippen molar-refractivity contribution in [2.45, 2.75) is 11.4 Å². The van der Waals surface area contributed by atoms with Crippen LogP contribution in [0.25, 0.3) is 0 Å². The van der Waals surface area contributed by atoms with Crippen molar-refractivity contribution in [3.8, 4) is 28.7 Å². The number of nitrogens with one attached hydrogen (secondary N) is 1. The molecular formula is C17H19NO7S. The van der Waals surface area contributed by atoms with E-state index in [1.165, 1.54) is 26.4 Å². The van der Waals surface area contributed by atoms with Gasteiger partial charge in [-0.1, -0.05) is 6.07 Å². The van der Waals surface area contributed by atoms with Gasteiger partial charge >= 0.3 is 0 Å². The van der Waals surface area contributed by atoms with Gasteiger partial charge in [0.1, 0.15) is 30.5 Å². The van der Waals surface area contributed by atoms with E-state index in [4.69, 9.17) is 18.9 Å². The van der Waals surface area contributed by atoms with E-state index in [1.807, 2.05) is 0 Å². The van der Waals surface area contributed by atoms with Gasteiger partial charge in [-0.2, -0.15) is 0 Å². The second-order valence-electron chi connectivity index (χ2n) is 5.48. The standard InChI is InChI=1S/C17H19NO7S/c1-22-12-8-13(19)17(16(9-12)23-2)26(20,21)18-10-11-3-4-14-15(7-11)25-6-5-24-14/h3-4,7-9,18-19H,5-6,10H2,1-2H3. The number of benzene rings is 2. The van der Waals surface area contributed by atoms with E-state index in [0.29, 0.717) is 30.3 Å². The number of sulfonamides is 1. The highest BCUT2D eigenvalue weighted by molar-refractivity contribution is 7.89. The second-order valence-corrected chi connectivity index (χ2v) is 7.18. The van der Waals surface area contributed by atoms with Crippen molar-refractivity contribution < 1.29 is 32.5 Å². The third-order valence-electron chi connectivity index (χ3n) is 3.81. The number of aromatic hydroxyl groups is 1.